The summed E-state index contributed by atoms with van der Waals surface area (Å²) >= 11 is 0. The van der Waals surface area contributed by atoms with E-state index in [1.807, 2.05) is 0 Å². The van der Waals surface area contributed by atoms with Gasteiger partial charge >= 0.3 is 0 Å². The Morgan fingerprint density at radius 1 is 1.25 bits per heavy atom. The fourth-order valence-electron chi connectivity index (χ4n) is 1.44. The Morgan fingerprint density at radius 2 is 1.95 bits per heavy atom. The lowest BCUT2D eigenvalue weighted by atomic mass is 10.3. The minimum atomic E-state index is -1.03. The zero-order valence-corrected chi connectivity index (χ0v) is 10.5. The molecule has 7 heteroatoms. The van der Waals surface area contributed by atoms with Gasteiger partial charge in [0.1, 0.15) is 11.6 Å². The van der Waals surface area contributed by atoms with Crippen molar-refractivity contribution in [2.75, 3.05) is 12.5 Å². The Balaban J connectivity index is 2.00. The lowest BCUT2D eigenvalue weighted by Gasteiger charge is -2.09. The number of methoxy groups -OCH3 is 1. The number of amides is 1. The van der Waals surface area contributed by atoms with Gasteiger partial charge in [-0.05, 0) is 24.3 Å². The molecule has 20 heavy (non-hydrogen) atoms. The highest BCUT2D eigenvalue weighted by Crippen LogP contribution is 2.14. The smallest absolute Gasteiger partial charge is 0.291 e. The molecule has 2 N–H and O–H groups in total. The van der Waals surface area contributed by atoms with Gasteiger partial charge < -0.3 is 4.74 Å². The van der Waals surface area contributed by atoms with E-state index in [9.17, 15) is 13.6 Å². The quantitative estimate of drug-likeness (QED) is 0.842. The minimum absolute atomic E-state index is 0.493. The second-order valence-electron chi connectivity index (χ2n) is 3.79. The maximum Gasteiger partial charge on any atom is 0.291 e. The minimum Gasteiger partial charge on any atom is -0.497 e. The van der Waals surface area contributed by atoms with Crippen LogP contribution in [-0.4, -0.2) is 18.0 Å². The van der Waals surface area contributed by atoms with E-state index in [2.05, 4.69) is 15.8 Å². The Kier molecular flexibility index (Phi) is 4.09. The highest BCUT2D eigenvalue weighted by Gasteiger charge is 2.13. The third kappa shape index (κ3) is 3.19. The molecule has 0 aliphatic carbocycles. The molecule has 0 unspecified atom stereocenters. The summed E-state index contributed by atoms with van der Waals surface area (Å²) in [7, 11) is 1.53. The molecule has 0 saturated heterocycles. The lowest BCUT2D eigenvalue weighted by molar-refractivity contribution is 0.0953. The zero-order chi connectivity index (χ0) is 14.5. The summed E-state index contributed by atoms with van der Waals surface area (Å²) in [5.41, 5.74) is 4.92. The molecule has 2 aromatic rings. The van der Waals surface area contributed by atoms with Crippen molar-refractivity contribution < 1.29 is 18.3 Å². The first-order valence-corrected chi connectivity index (χ1v) is 5.61. The molecule has 104 valence electrons. The van der Waals surface area contributed by atoms with Crippen LogP contribution in [-0.2, 0) is 0 Å². The molecule has 1 amide bonds. The van der Waals surface area contributed by atoms with Crippen LogP contribution in [0.25, 0.3) is 0 Å². The Hall–Kier alpha value is -2.70. The number of aromatic nitrogens is 1. The van der Waals surface area contributed by atoms with Crippen molar-refractivity contribution >= 4 is 11.6 Å². The highest BCUT2D eigenvalue weighted by atomic mass is 19.1. The van der Waals surface area contributed by atoms with E-state index in [1.54, 1.807) is 24.3 Å². The fraction of sp³-hybridized carbons (Fsp3) is 0.0769. The molecule has 0 saturated carbocycles. The molecular weight excluding hydrogens is 268 g/mol. The maximum atomic E-state index is 13.3. The zero-order valence-electron chi connectivity index (χ0n) is 10.5. The number of carbonyl (C=O) groups excluding carboxylic acids is 1. The van der Waals surface area contributed by atoms with Crippen LogP contribution < -0.4 is 15.6 Å². The first kappa shape index (κ1) is 13.7. The standard InChI is InChI=1S/C13H11F2N3O2/c1-20-10-4-2-9(3-5-10)17-18-13(19)12-11(15)6-8(14)7-16-12/h2-7,17H,1H3,(H,18,19). The summed E-state index contributed by atoms with van der Waals surface area (Å²) in [6, 6.07) is 7.28. The normalized spacial score (nSPS) is 9.95. The second kappa shape index (κ2) is 5.96. The van der Waals surface area contributed by atoms with Gasteiger partial charge in [-0.1, -0.05) is 0 Å². The Morgan fingerprint density at radius 3 is 2.55 bits per heavy atom. The average molecular weight is 279 g/mol. The van der Waals surface area contributed by atoms with Crippen LogP contribution in [0.4, 0.5) is 14.5 Å². The van der Waals surface area contributed by atoms with Crippen LogP contribution in [0.5, 0.6) is 5.75 Å². The van der Waals surface area contributed by atoms with E-state index in [0.29, 0.717) is 17.5 Å². The van der Waals surface area contributed by atoms with E-state index in [4.69, 9.17) is 4.74 Å². The van der Waals surface area contributed by atoms with Gasteiger partial charge in [-0.15, -0.1) is 0 Å². The predicted molar refractivity (Wildman–Crippen MR) is 68.2 cm³/mol. The maximum absolute atomic E-state index is 13.3. The average Bonchev–Trinajstić information content (AvgIpc) is 2.45. The van der Waals surface area contributed by atoms with E-state index < -0.39 is 23.2 Å². The van der Waals surface area contributed by atoms with Crippen molar-refractivity contribution in [3.05, 3.63) is 53.9 Å². The number of hydrazine groups is 1. The summed E-state index contributed by atoms with van der Waals surface area (Å²) in [6.45, 7) is 0. The third-order valence-corrected chi connectivity index (χ3v) is 2.43. The first-order chi connectivity index (χ1) is 9.60. The first-order valence-electron chi connectivity index (χ1n) is 5.61. The molecule has 0 aliphatic heterocycles. The molecular formula is C13H11F2N3O2. The van der Waals surface area contributed by atoms with Gasteiger partial charge in [0.2, 0.25) is 0 Å². The van der Waals surface area contributed by atoms with Gasteiger partial charge in [-0.2, -0.15) is 0 Å². The number of hydrogen-bond donors (Lipinski definition) is 2. The summed E-state index contributed by atoms with van der Waals surface area (Å²) in [5, 5.41) is 0. The van der Waals surface area contributed by atoms with Crippen LogP contribution in [0.2, 0.25) is 0 Å². The predicted octanol–water partition coefficient (Wildman–Crippen LogP) is 2.13. The van der Waals surface area contributed by atoms with E-state index >= 15 is 0 Å². The molecule has 1 aromatic carbocycles. The summed E-state index contributed by atoms with van der Waals surface area (Å²) in [6.07, 6.45) is 0.769. The lowest BCUT2D eigenvalue weighted by Crippen LogP contribution is -2.30. The number of nitrogens with one attached hydrogen (secondary N) is 2. The van der Waals surface area contributed by atoms with Crippen molar-refractivity contribution in [2.24, 2.45) is 0 Å². The summed E-state index contributed by atoms with van der Waals surface area (Å²) in [5.74, 6) is -2.02. The Labute approximate surface area is 113 Å². The van der Waals surface area contributed by atoms with Gasteiger partial charge in [-0.25, -0.2) is 13.8 Å². The highest BCUT2D eigenvalue weighted by molar-refractivity contribution is 5.93. The number of hydrogen-bond acceptors (Lipinski definition) is 4. The third-order valence-electron chi connectivity index (χ3n) is 2.43. The number of carbonyl (C=O) groups is 1. The van der Waals surface area contributed by atoms with E-state index in [1.165, 1.54) is 7.11 Å². The Bertz CT molecular complexity index is 618. The molecule has 0 fully saturated rings. The van der Waals surface area contributed by atoms with Crippen molar-refractivity contribution in [3.8, 4) is 5.75 Å². The molecule has 1 aromatic heterocycles. The van der Waals surface area contributed by atoms with Crippen molar-refractivity contribution in [1.29, 1.82) is 0 Å². The van der Waals surface area contributed by atoms with Crippen molar-refractivity contribution in [1.82, 2.24) is 10.4 Å². The topological polar surface area (TPSA) is 63.2 Å². The van der Waals surface area contributed by atoms with Crippen molar-refractivity contribution in [2.45, 2.75) is 0 Å². The number of rotatable bonds is 4. The van der Waals surface area contributed by atoms with E-state index in [0.717, 1.165) is 6.20 Å². The van der Waals surface area contributed by atoms with Crippen LogP contribution >= 0.6 is 0 Å². The van der Waals surface area contributed by atoms with Crippen LogP contribution in [0, 0.1) is 11.6 Å². The molecule has 0 bridgehead atoms. The van der Waals surface area contributed by atoms with Gasteiger partial charge in [0.15, 0.2) is 11.5 Å². The summed E-state index contributed by atoms with van der Waals surface area (Å²) < 4.78 is 31.0. The SMILES string of the molecule is COc1ccc(NNC(=O)c2ncc(F)cc2F)cc1. The molecule has 0 spiro atoms. The number of pyridine rings is 1. The molecule has 2 rings (SSSR count). The number of benzene rings is 1. The molecule has 0 atom stereocenters. The van der Waals surface area contributed by atoms with Crippen LogP contribution in [0.15, 0.2) is 36.5 Å². The number of ether oxygens (including phenoxy) is 1. The number of anilines is 1. The van der Waals surface area contributed by atoms with Crippen molar-refractivity contribution in [3.63, 3.8) is 0 Å². The fourth-order valence-corrected chi connectivity index (χ4v) is 1.44. The van der Waals surface area contributed by atoms with Gasteiger partial charge in [-0.3, -0.25) is 15.6 Å². The molecule has 5 nitrogen and oxygen atoms in total. The van der Waals surface area contributed by atoms with Gasteiger partial charge in [0, 0.05) is 6.07 Å². The molecule has 0 aliphatic rings. The van der Waals surface area contributed by atoms with E-state index in [-0.39, 0.29) is 0 Å². The molecule has 0 radical (unpaired) electrons. The second-order valence-corrected chi connectivity index (χ2v) is 3.79. The summed E-state index contributed by atoms with van der Waals surface area (Å²) in [4.78, 5) is 15.0. The van der Waals surface area contributed by atoms with Gasteiger partial charge in [0.25, 0.3) is 5.91 Å². The largest absolute Gasteiger partial charge is 0.497 e. The number of nitrogens with zero attached hydrogens (tertiary/aromatic N) is 1. The number of halogens is 2. The van der Waals surface area contributed by atoms with Gasteiger partial charge in [0.05, 0.1) is 19.0 Å². The monoisotopic (exact) mass is 279 g/mol. The van der Waals surface area contributed by atoms with Crippen LogP contribution in [0.3, 0.4) is 0 Å². The van der Waals surface area contributed by atoms with Crippen LogP contribution in [0.1, 0.15) is 10.5 Å². The molecule has 1 heterocycles.